The van der Waals surface area contributed by atoms with Crippen molar-refractivity contribution in [3.05, 3.63) is 28.1 Å². The summed E-state index contributed by atoms with van der Waals surface area (Å²) in [6.45, 7) is 2.04. The molecule has 0 aliphatic rings. The molecule has 0 atom stereocenters. The molecule has 8 nitrogen and oxygen atoms in total. The van der Waals surface area contributed by atoms with E-state index in [4.69, 9.17) is 15.6 Å². The van der Waals surface area contributed by atoms with Crippen molar-refractivity contribution in [2.45, 2.75) is 16.6 Å². The van der Waals surface area contributed by atoms with E-state index in [1.807, 2.05) is 18.2 Å². The lowest BCUT2D eigenvalue weighted by Crippen LogP contribution is -2.41. The number of nitrogens with two attached hydrogens (primary N) is 1. The molecule has 0 amide bonds. The Balaban J connectivity index is 1.97. The third kappa shape index (κ3) is 4.19. The van der Waals surface area contributed by atoms with Crippen LogP contribution in [0.25, 0.3) is 11.2 Å². The number of aromatic nitrogens is 4. The van der Waals surface area contributed by atoms with Gasteiger partial charge >= 0.3 is 5.65 Å². The maximum atomic E-state index is 8.93. The van der Waals surface area contributed by atoms with Gasteiger partial charge in [0.2, 0.25) is 5.52 Å². The van der Waals surface area contributed by atoms with Gasteiger partial charge in [0.15, 0.2) is 12.1 Å². The summed E-state index contributed by atoms with van der Waals surface area (Å²) in [6.07, 6.45) is 1.47. The second-order valence-electron chi connectivity index (χ2n) is 5.41. The van der Waals surface area contributed by atoms with Crippen molar-refractivity contribution in [2.24, 2.45) is 0 Å². The molecule has 5 N–H and O–H groups in total. The summed E-state index contributed by atoms with van der Waals surface area (Å²) in [4.78, 5) is 12.9. The molecule has 138 valence electrons. The summed E-state index contributed by atoms with van der Waals surface area (Å²) in [5.74, 6) is 1.22. The first kappa shape index (κ1) is 19.1. The lowest BCUT2D eigenvalue weighted by atomic mass is 10.3. The molecule has 2 aromatic heterocycles. The summed E-state index contributed by atoms with van der Waals surface area (Å²) in [5.41, 5.74) is 7.48. The Labute approximate surface area is 168 Å². The number of aliphatic hydroxyl groups excluding tert-OH is 1. The predicted molar refractivity (Wildman–Crippen MR) is 108 cm³/mol. The fraction of sp³-hybridized carbons (Fsp3) is 0.312. The predicted octanol–water partition coefficient (Wildman–Crippen LogP) is 1.17. The second-order valence-corrected chi connectivity index (χ2v) is 7.60. The standard InChI is InChI=1S/C16H19IN6O2S/c1-25-10-2-3-11(17)12(8-10)26-16-22-13-14(18)20-9-21-15(13)23(16)6-4-19-5-7-24/h2-3,8-9,19,24H,4-7H2,1H3,(H2,18,20,21)/p+1. The van der Waals surface area contributed by atoms with Gasteiger partial charge in [0, 0.05) is 21.6 Å². The van der Waals surface area contributed by atoms with Gasteiger partial charge in [0.1, 0.15) is 5.75 Å². The first-order chi connectivity index (χ1) is 12.6. The van der Waals surface area contributed by atoms with Crippen molar-refractivity contribution in [2.75, 3.05) is 32.5 Å². The van der Waals surface area contributed by atoms with Crippen LogP contribution in [0.3, 0.4) is 0 Å². The molecule has 0 unspecified atom stereocenters. The Bertz CT molecular complexity index is 904. The normalized spacial score (nSPS) is 11.2. The Morgan fingerprint density at radius 1 is 1.38 bits per heavy atom. The van der Waals surface area contributed by atoms with E-state index in [1.54, 1.807) is 18.9 Å². The van der Waals surface area contributed by atoms with Gasteiger partial charge in [-0.05, 0) is 52.6 Å². The van der Waals surface area contributed by atoms with Crippen LogP contribution in [-0.4, -0.2) is 46.9 Å². The number of imidazole rings is 1. The van der Waals surface area contributed by atoms with E-state index in [-0.39, 0.29) is 6.61 Å². The second kappa shape index (κ2) is 8.84. The Kier molecular flexibility index (Phi) is 6.51. The minimum atomic E-state index is 0.108. The van der Waals surface area contributed by atoms with Gasteiger partial charge in [-0.2, -0.15) is 4.98 Å². The molecule has 2 heterocycles. The number of halogens is 1. The number of H-pyrrole nitrogens is 1. The van der Waals surface area contributed by atoms with Gasteiger partial charge in [0.05, 0.1) is 20.3 Å². The highest BCUT2D eigenvalue weighted by Crippen LogP contribution is 2.33. The minimum absolute atomic E-state index is 0.108. The van der Waals surface area contributed by atoms with Crippen LogP contribution in [-0.2, 0) is 6.54 Å². The molecule has 3 aromatic rings. The number of nitrogens with zero attached hydrogens (tertiary/aromatic N) is 3. The summed E-state index contributed by atoms with van der Waals surface area (Å²) >= 11 is 3.89. The third-order valence-electron chi connectivity index (χ3n) is 3.74. The fourth-order valence-corrected chi connectivity index (χ4v) is 4.12. The smallest absolute Gasteiger partial charge is 0.308 e. The monoisotopic (exact) mass is 487 g/mol. The van der Waals surface area contributed by atoms with Crippen LogP contribution < -0.4 is 20.4 Å². The van der Waals surface area contributed by atoms with Crippen molar-refractivity contribution in [1.82, 2.24) is 20.3 Å². The summed E-state index contributed by atoms with van der Waals surface area (Å²) < 4.78 is 8.53. The molecule has 0 saturated carbocycles. The SMILES string of the molecule is COc1ccc(I)c(Sc2[nH]c3c(N)ncnc3[n+]2CCNCCO)c1. The Morgan fingerprint density at radius 3 is 3.00 bits per heavy atom. The van der Waals surface area contributed by atoms with E-state index in [9.17, 15) is 0 Å². The molecular weight excluding hydrogens is 467 g/mol. The first-order valence-electron chi connectivity index (χ1n) is 7.99. The van der Waals surface area contributed by atoms with Gasteiger partial charge in [-0.15, -0.1) is 0 Å². The number of methoxy groups -OCH3 is 1. The lowest BCUT2D eigenvalue weighted by Gasteiger charge is -2.07. The van der Waals surface area contributed by atoms with Crippen LogP contribution in [0.2, 0.25) is 0 Å². The van der Waals surface area contributed by atoms with E-state index < -0.39 is 0 Å². The maximum Gasteiger partial charge on any atom is 0.308 e. The third-order valence-corrected chi connectivity index (χ3v) is 6.12. The van der Waals surface area contributed by atoms with Crippen molar-refractivity contribution < 1.29 is 14.4 Å². The van der Waals surface area contributed by atoms with E-state index in [0.717, 1.165) is 30.5 Å². The van der Waals surface area contributed by atoms with Gasteiger partial charge in [-0.1, -0.05) is 4.98 Å². The molecule has 0 spiro atoms. The largest absolute Gasteiger partial charge is 0.497 e. The molecule has 3 rings (SSSR count). The molecule has 0 fully saturated rings. The molecule has 0 aliphatic heterocycles. The zero-order valence-corrected chi connectivity index (χ0v) is 17.2. The van der Waals surface area contributed by atoms with E-state index in [1.165, 1.54) is 6.33 Å². The number of benzene rings is 1. The van der Waals surface area contributed by atoms with Crippen LogP contribution >= 0.6 is 34.4 Å². The van der Waals surface area contributed by atoms with Crippen LogP contribution in [0.1, 0.15) is 0 Å². The molecule has 10 heteroatoms. The number of hydrogen-bond donors (Lipinski definition) is 4. The maximum absolute atomic E-state index is 8.93. The zero-order chi connectivity index (χ0) is 18.5. The lowest BCUT2D eigenvalue weighted by molar-refractivity contribution is -0.708. The Hall–Kier alpha value is -1.63. The van der Waals surface area contributed by atoms with Crippen molar-refractivity contribution in [3.8, 4) is 5.75 Å². The molecular formula is C16H20IN6O2S+. The number of anilines is 1. The molecule has 1 aromatic carbocycles. The summed E-state index contributed by atoms with van der Waals surface area (Å²) in [7, 11) is 1.66. The van der Waals surface area contributed by atoms with Crippen LogP contribution in [0.15, 0.2) is 34.6 Å². The number of aromatic amines is 1. The van der Waals surface area contributed by atoms with Crippen molar-refractivity contribution >= 4 is 51.3 Å². The number of fused-ring (bicyclic) bond motifs is 1. The molecule has 26 heavy (non-hydrogen) atoms. The van der Waals surface area contributed by atoms with Crippen LogP contribution in [0, 0.1) is 3.57 Å². The van der Waals surface area contributed by atoms with Gasteiger partial charge in [-0.3, -0.25) is 4.98 Å². The highest BCUT2D eigenvalue weighted by molar-refractivity contribution is 14.1. The van der Waals surface area contributed by atoms with Crippen molar-refractivity contribution in [1.29, 1.82) is 0 Å². The highest BCUT2D eigenvalue weighted by Gasteiger charge is 2.23. The number of rotatable bonds is 8. The number of aliphatic hydroxyl groups is 1. The zero-order valence-electron chi connectivity index (χ0n) is 14.2. The molecule has 0 radical (unpaired) electrons. The molecule has 0 aliphatic carbocycles. The van der Waals surface area contributed by atoms with E-state index in [2.05, 4.69) is 47.4 Å². The number of nitrogens with one attached hydrogen (secondary N) is 2. The topological polar surface area (TPSA) is 113 Å². The number of nitrogen functional groups attached to an aromatic ring is 1. The summed E-state index contributed by atoms with van der Waals surface area (Å²) in [5, 5.41) is 13.0. The van der Waals surface area contributed by atoms with Gasteiger partial charge in [-0.25, -0.2) is 4.57 Å². The Morgan fingerprint density at radius 2 is 2.23 bits per heavy atom. The van der Waals surface area contributed by atoms with E-state index >= 15 is 0 Å². The van der Waals surface area contributed by atoms with Gasteiger partial charge < -0.3 is 20.9 Å². The fourth-order valence-electron chi connectivity index (χ4n) is 2.46. The van der Waals surface area contributed by atoms with Crippen molar-refractivity contribution in [3.63, 3.8) is 0 Å². The first-order valence-corrected chi connectivity index (χ1v) is 9.88. The molecule has 0 bridgehead atoms. The number of ether oxygens (including phenoxy) is 1. The van der Waals surface area contributed by atoms with Crippen LogP contribution in [0.4, 0.5) is 5.82 Å². The average molecular weight is 487 g/mol. The van der Waals surface area contributed by atoms with Gasteiger partial charge in [0.25, 0.3) is 5.16 Å². The quantitative estimate of drug-likeness (QED) is 0.214. The average Bonchev–Trinajstić information content (AvgIpc) is 2.99. The summed E-state index contributed by atoms with van der Waals surface area (Å²) in [6, 6.07) is 5.96. The molecule has 0 saturated heterocycles. The highest BCUT2D eigenvalue weighted by atomic mass is 127. The number of hydrogen-bond acceptors (Lipinski definition) is 7. The minimum Gasteiger partial charge on any atom is -0.497 e. The van der Waals surface area contributed by atoms with E-state index in [0.29, 0.717) is 25.5 Å². The van der Waals surface area contributed by atoms with Crippen LogP contribution in [0.5, 0.6) is 5.75 Å².